The quantitative estimate of drug-likeness (QED) is 0.278. The maximum absolute atomic E-state index is 5.98. The van der Waals surface area contributed by atoms with E-state index >= 15 is 0 Å². The first-order chi connectivity index (χ1) is 10.5. The fourth-order valence-corrected chi connectivity index (χ4v) is 2.63. The van der Waals surface area contributed by atoms with Crippen LogP contribution in [-0.2, 0) is 4.74 Å². The highest BCUT2D eigenvalue weighted by atomic mass is 127. The van der Waals surface area contributed by atoms with Crippen molar-refractivity contribution in [2.45, 2.75) is 65.0 Å². The molecule has 138 valence electrons. The molecule has 0 aromatic rings. The number of methoxy groups -OCH3 is 1. The molecule has 0 aliphatic heterocycles. The van der Waals surface area contributed by atoms with Crippen LogP contribution in [0.4, 0.5) is 0 Å². The standard InChI is InChI=1S/C17H36N4O.HI/c1-14(2)6-5-7-15(3)20-17(18)19-10-11-21(12-13-22-4)16-8-9-16;/h14-16H,5-13H2,1-4H3,(H3,18,19,20);1H. The molecular formula is C17H37IN4O. The highest BCUT2D eigenvalue weighted by Gasteiger charge is 2.27. The van der Waals surface area contributed by atoms with Gasteiger partial charge in [0.2, 0.25) is 0 Å². The van der Waals surface area contributed by atoms with E-state index in [1.54, 1.807) is 7.11 Å². The van der Waals surface area contributed by atoms with Gasteiger partial charge in [0.1, 0.15) is 0 Å². The number of halogens is 1. The number of aliphatic imine (C=N–C) groups is 1. The highest BCUT2D eigenvalue weighted by molar-refractivity contribution is 14.0. The van der Waals surface area contributed by atoms with Crippen LogP contribution >= 0.6 is 24.0 Å². The lowest BCUT2D eigenvalue weighted by atomic mass is 10.0. The molecule has 1 unspecified atom stereocenters. The predicted octanol–water partition coefficient (Wildman–Crippen LogP) is 2.83. The minimum absolute atomic E-state index is 0. The van der Waals surface area contributed by atoms with E-state index in [2.05, 4.69) is 36.0 Å². The second-order valence-electron chi connectivity index (χ2n) is 6.90. The van der Waals surface area contributed by atoms with Gasteiger partial charge in [-0.2, -0.15) is 0 Å². The molecule has 0 heterocycles. The molecule has 1 rings (SSSR count). The first-order valence-electron chi connectivity index (χ1n) is 8.82. The van der Waals surface area contributed by atoms with Gasteiger partial charge in [-0.25, -0.2) is 0 Å². The van der Waals surface area contributed by atoms with Crippen molar-refractivity contribution in [3.8, 4) is 0 Å². The molecule has 0 spiro atoms. The number of nitrogens with one attached hydrogen (secondary N) is 1. The molecule has 6 heteroatoms. The van der Waals surface area contributed by atoms with E-state index in [1.165, 1.54) is 25.7 Å². The molecule has 0 saturated heterocycles. The fourth-order valence-electron chi connectivity index (χ4n) is 2.63. The van der Waals surface area contributed by atoms with Crippen LogP contribution < -0.4 is 11.1 Å². The van der Waals surface area contributed by atoms with Gasteiger partial charge >= 0.3 is 0 Å². The molecule has 1 saturated carbocycles. The molecule has 0 bridgehead atoms. The molecule has 5 nitrogen and oxygen atoms in total. The van der Waals surface area contributed by atoms with Gasteiger partial charge in [0.25, 0.3) is 0 Å². The van der Waals surface area contributed by atoms with Gasteiger partial charge in [0, 0.05) is 32.3 Å². The summed E-state index contributed by atoms with van der Waals surface area (Å²) in [6.45, 7) is 10.2. The third-order valence-electron chi connectivity index (χ3n) is 4.13. The number of hydrogen-bond acceptors (Lipinski definition) is 3. The lowest BCUT2D eigenvalue weighted by Gasteiger charge is -2.20. The number of guanidine groups is 1. The third kappa shape index (κ3) is 12.0. The summed E-state index contributed by atoms with van der Waals surface area (Å²) in [7, 11) is 1.76. The zero-order valence-electron chi connectivity index (χ0n) is 15.4. The Bertz CT molecular complexity index is 322. The van der Waals surface area contributed by atoms with Crippen molar-refractivity contribution in [3.05, 3.63) is 0 Å². The second kappa shape index (κ2) is 13.2. The van der Waals surface area contributed by atoms with E-state index in [-0.39, 0.29) is 24.0 Å². The predicted molar refractivity (Wildman–Crippen MR) is 110 cm³/mol. The van der Waals surface area contributed by atoms with Crippen molar-refractivity contribution in [3.63, 3.8) is 0 Å². The van der Waals surface area contributed by atoms with Crippen molar-refractivity contribution in [2.75, 3.05) is 33.4 Å². The molecule has 3 N–H and O–H groups in total. The van der Waals surface area contributed by atoms with Crippen LogP contribution in [0.2, 0.25) is 0 Å². The van der Waals surface area contributed by atoms with Crippen molar-refractivity contribution in [1.82, 2.24) is 10.2 Å². The van der Waals surface area contributed by atoms with Crippen LogP contribution in [0.15, 0.2) is 4.99 Å². The summed E-state index contributed by atoms with van der Waals surface area (Å²) in [6, 6.07) is 1.14. The Labute approximate surface area is 159 Å². The van der Waals surface area contributed by atoms with E-state index in [4.69, 9.17) is 10.5 Å². The summed E-state index contributed by atoms with van der Waals surface area (Å²) in [5.41, 5.74) is 5.98. The summed E-state index contributed by atoms with van der Waals surface area (Å²) in [4.78, 5) is 6.93. The Balaban J connectivity index is 0.00000484. The lowest BCUT2D eigenvalue weighted by molar-refractivity contribution is 0.145. The van der Waals surface area contributed by atoms with Crippen molar-refractivity contribution >= 4 is 29.9 Å². The van der Waals surface area contributed by atoms with E-state index in [1.807, 2.05) is 0 Å². The average molecular weight is 440 g/mol. The number of ether oxygens (including phenoxy) is 1. The Hall–Kier alpha value is -0.0800. The van der Waals surface area contributed by atoms with Gasteiger partial charge in [0.05, 0.1) is 13.2 Å². The normalized spacial score (nSPS) is 16.5. The number of hydrogen-bond donors (Lipinski definition) is 2. The third-order valence-corrected chi connectivity index (χ3v) is 4.13. The lowest BCUT2D eigenvalue weighted by Crippen LogP contribution is -2.39. The van der Waals surface area contributed by atoms with Crippen molar-refractivity contribution in [2.24, 2.45) is 16.6 Å². The average Bonchev–Trinajstić information content (AvgIpc) is 3.26. The van der Waals surface area contributed by atoms with Gasteiger partial charge in [-0.3, -0.25) is 9.89 Å². The van der Waals surface area contributed by atoms with Gasteiger partial charge in [0.15, 0.2) is 5.96 Å². The van der Waals surface area contributed by atoms with Crippen LogP contribution in [0.1, 0.15) is 52.9 Å². The SMILES string of the molecule is COCCN(CCN=C(N)NC(C)CCCC(C)C)C1CC1.I. The molecule has 1 fully saturated rings. The van der Waals surface area contributed by atoms with Gasteiger partial charge in [-0.1, -0.05) is 26.7 Å². The van der Waals surface area contributed by atoms with Crippen molar-refractivity contribution in [1.29, 1.82) is 0 Å². The van der Waals surface area contributed by atoms with Crippen LogP contribution in [0.25, 0.3) is 0 Å². The van der Waals surface area contributed by atoms with Crippen molar-refractivity contribution < 1.29 is 4.74 Å². The van der Waals surface area contributed by atoms with Crippen LogP contribution in [0.3, 0.4) is 0 Å². The minimum Gasteiger partial charge on any atom is -0.383 e. The van der Waals surface area contributed by atoms with E-state index in [0.29, 0.717) is 12.0 Å². The van der Waals surface area contributed by atoms with Gasteiger partial charge in [-0.15, -0.1) is 24.0 Å². The van der Waals surface area contributed by atoms with Crippen LogP contribution in [0, 0.1) is 5.92 Å². The second-order valence-corrected chi connectivity index (χ2v) is 6.90. The first-order valence-corrected chi connectivity index (χ1v) is 8.82. The minimum atomic E-state index is 0. The molecule has 0 radical (unpaired) electrons. The maximum atomic E-state index is 5.98. The summed E-state index contributed by atoms with van der Waals surface area (Å²) in [6.07, 6.45) is 6.29. The number of rotatable bonds is 12. The Kier molecular flexibility index (Phi) is 13.2. The highest BCUT2D eigenvalue weighted by Crippen LogP contribution is 2.26. The molecule has 0 aromatic heterocycles. The Morgan fingerprint density at radius 1 is 1.26 bits per heavy atom. The Morgan fingerprint density at radius 3 is 2.52 bits per heavy atom. The molecule has 0 aromatic carbocycles. The van der Waals surface area contributed by atoms with E-state index in [9.17, 15) is 0 Å². The zero-order valence-corrected chi connectivity index (χ0v) is 17.7. The molecule has 1 aliphatic carbocycles. The number of nitrogens with zero attached hydrogens (tertiary/aromatic N) is 2. The van der Waals surface area contributed by atoms with E-state index < -0.39 is 0 Å². The topological polar surface area (TPSA) is 62.9 Å². The monoisotopic (exact) mass is 440 g/mol. The van der Waals surface area contributed by atoms with Crippen LogP contribution in [0.5, 0.6) is 0 Å². The van der Waals surface area contributed by atoms with Crippen LogP contribution in [-0.4, -0.2) is 56.3 Å². The molecular weight excluding hydrogens is 403 g/mol. The summed E-state index contributed by atoms with van der Waals surface area (Å²) in [5, 5.41) is 3.30. The largest absolute Gasteiger partial charge is 0.383 e. The van der Waals surface area contributed by atoms with E-state index in [0.717, 1.165) is 44.6 Å². The molecule has 23 heavy (non-hydrogen) atoms. The summed E-state index contributed by atoms with van der Waals surface area (Å²) in [5.74, 6) is 1.36. The Morgan fingerprint density at radius 2 is 1.96 bits per heavy atom. The molecule has 1 aliphatic rings. The summed E-state index contributed by atoms with van der Waals surface area (Å²) >= 11 is 0. The summed E-state index contributed by atoms with van der Waals surface area (Å²) < 4.78 is 5.17. The fraction of sp³-hybridized carbons (Fsp3) is 0.941. The maximum Gasteiger partial charge on any atom is 0.188 e. The number of nitrogens with two attached hydrogens (primary N) is 1. The smallest absolute Gasteiger partial charge is 0.188 e. The van der Waals surface area contributed by atoms with Gasteiger partial charge in [-0.05, 0) is 32.1 Å². The zero-order chi connectivity index (χ0) is 16.4. The first kappa shape index (κ1) is 22.9. The van der Waals surface area contributed by atoms with Gasteiger partial charge < -0.3 is 15.8 Å². The molecule has 1 atom stereocenters. The molecule has 0 amide bonds.